The van der Waals surface area contributed by atoms with Gasteiger partial charge in [-0.25, -0.2) is 4.98 Å². The van der Waals surface area contributed by atoms with E-state index in [1.807, 2.05) is 6.20 Å². The molecular formula is C15H23N5O. The third-order valence-electron chi connectivity index (χ3n) is 4.08. The number of hydrogen-bond donors (Lipinski definition) is 1. The van der Waals surface area contributed by atoms with Gasteiger partial charge in [-0.15, -0.1) is 0 Å². The second-order valence-corrected chi connectivity index (χ2v) is 6.09. The highest BCUT2D eigenvalue weighted by molar-refractivity contribution is 5.05. The summed E-state index contributed by atoms with van der Waals surface area (Å²) < 4.78 is 7.59. The maximum Gasteiger partial charge on any atom is 0.243 e. The Kier molecular flexibility index (Phi) is 4.05. The normalized spacial score (nSPS) is 19.7. The summed E-state index contributed by atoms with van der Waals surface area (Å²) in [6.45, 7) is 8.16. The molecule has 1 N–H and O–H groups in total. The van der Waals surface area contributed by atoms with E-state index in [-0.39, 0.29) is 6.04 Å². The molecule has 2 aromatic rings. The number of hydrogen-bond acceptors (Lipinski definition) is 5. The molecule has 3 heterocycles. The van der Waals surface area contributed by atoms with E-state index in [2.05, 4.69) is 52.0 Å². The number of rotatable bonds is 5. The van der Waals surface area contributed by atoms with E-state index in [1.54, 1.807) is 0 Å². The molecule has 0 amide bonds. The van der Waals surface area contributed by atoms with Crippen LogP contribution in [-0.4, -0.2) is 26.2 Å². The highest BCUT2D eigenvalue weighted by atomic mass is 16.5. The molecule has 0 spiro atoms. The fourth-order valence-electron chi connectivity index (χ4n) is 2.76. The summed E-state index contributed by atoms with van der Waals surface area (Å²) in [5.41, 5.74) is 0. The fourth-order valence-corrected chi connectivity index (χ4v) is 2.76. The Labute approximate surface area is 125 Å². The number of nitrogens with one attached hydrogen (secondary N) is 1. The first kappa shape index (κ1) is 14.3. The lowest BCUT2D eigenvalue weighted by Gasteiger charge is -2.24. The van der Waals surface area contributed by atoms with Crippen LogP contribution in [0, 0.1) is 0 Å². The third-order valence-corrected chi connectivity index (χ3v) is 4.08. The Morgan fingerprint density at radius 3 is 3.05 bits per heavy atom. The van der Waals surface area contributed by atoms with Gasteiger partial charge in [0.25, 0.3) is 0 Å². The van der Waals surface area contributed by atoms with Crippen molar-refractivity contribution in [3.63, 3.8) is 0 Å². The van der Waals surface area contributed by atoms with E-state index in [1.165, 1.54) is 18.7 Å². The average Bonchev–Trinajstić information content (AvgIpc) is 3.13. The molecule has 2 atom stereocenters. The van der Waals surface area contributed by atoms with Crippen LogP contribution in [0.25, 0.3) is 0 Å². The minimum atomic E-state index is 0.0651. The van der Waals surface area contributed by atoms with Crippen molar-refractivity contribution in [3.8, 4) is 0 Å². The number of fused-ring (bicyclic) bond motifs is 1. The lowest BCUT2D eigenvalue weighted by atomic mass is 9.98. The number of nitrogens with zero attached hydrogens (tertiary/aromatic N) is 4. The average molecular weight is 289 g/mol. The molecule has 1 aliphatic rings. The molecule has 3 rings (SSSR count). The van der Waals surface area contributed by atoms with Crippen LogP contribution in [0.2, 0.25) is 0 Å². The molecule has 2 aromatic heterocycles. The first-order chi connectivity index (χ1) is 10.1. The first-order valence-electron chi connectivity index (χ1n) is 7.73. The minimum absolute atomic E-state index is 0.0651. The van der Waals surface area contributed by atoms with Crippen LogP contribution >= 0.6 is 0 Å². The maximum atomic E-state index is 5.34. The van der Waals surface area contributed by atoms with Crippen molar-refractivity contribution in [3.05, 3.63) is 29.9 Å². The molecule has 0 saturated carbocycles. The van der Waals surface area contributed by atoms with E-state index in [0.717, 1.165) is 18.9 Å². The van der Waals surface area contributed by atoms with E-state index >= 15 is 0 Å². The zero-order valence-corrected chi connectivity index (χ0v) is 12.9. The predicted molar refractivity (Wildman–Crippen MR) is 79.0 cm³/mol. The van der Waals surface area contributed by atoms with Gasteiger partial charge in [0.15, 0.2) is 5.82 Å². The van der Waals surface area contributed by atoms with Gasteiger partial charge in [-0.05, 0) is 19.8 Å². The maximum absolute atomic E-state index is 5.34. The zero-order valence-electron chi connectivity index (χ0n) is 12.9. The SMILES string of the molecule is CC(C)c1noc([C@H](C)NC[C@@H]2CCCn3ccnc32)n1. The topological polar surface area (TPSA) is 68.8 Å². The van der Waals surface area contributed by atoms with Crippen LogP contribution in [0.3, 0.4) is 0 Å². The molecule has 6 nitrogen and oxygen atoms in total. The smallest absolute Gasteiger partial charge is 0.243 e. The van der Waals surface area contributed by atoms with Crippen LogP contribution in [0.1, 0.15) is 69.0 Å². The van der Waals surface area contributed by atoms with Crippen molar-refractivity contribution in [1.29, 1.82) is 0 Å². The van der Waals surface area contributed by atoms with Gasteiger partial charge in [-0.1, -0.05) is 19.0 Å². The van der Waals surface area contributed by atoms with Crippen molar-refractivity contribution in [2.45, 2.75) is 58.0 Å². The summed E-state index contributed by atoms with van der Waals surface area (Å²) in [7, 11) is 0. The summed E-state index contributed by atoms with van der Waals surface area (Å²) >= 11 is 0. The molecule has 21 heavy (non-hydrogen) atoms. The first-order valence-corrected chi connectivity index (χ1v) is 7.73. The molecule has 6 heteroatoms. The Morgan fingerprint density at radius 2 is 2.29 bits per heavy atom. The van der Waals surface area contributed by atoms with Crippen LogP contribution in [0.15, 0.2) is 16.9 Å². The van der Waals surface area contributed by atoms with Gasteiger partial charge in [0.05, 0.1) is 6.04 Å². The molecule has 0 aliphatic carbocycles. The minimum Gasteiger partial charge on any atom is -0.338 e. The van der Waals surface area contributed by atoms with Gasteiger partial charge in [-0.2, -0.15) is 4.98 Å². The molecule has 0 bridgehead atoms. The van der Waals surface area contributed by atoms with E-state index in [9.17, 15) is 0 Å². The van der Waals surface area contributed by atoms with Crippen LogP contribution in [0.4, 0.5) is 0 Å². The Bertz CT molecular complexity index is 588. The number of aromatic nitrogens is 4. The highest BCUT2D eigenvalue weighted by Crippen LogP contribution is 2.25. The molecule has 0 fully saturated rings. The molecule has 0 aromatic carbocycles. The van der Waals surface area contributed by atoms with Gasteiger partial charge in [0.2, 0.25) is 5.89 Å². The molecule has 0 radical (unpaired) electrons. The Morgan fingerprint density at radius 1 is 1.43 bits per heavy atom. The zero-order chi connectivity index (χ0) is 14.8. The van der Waals surface area contributed by atoms with Gasteiger partial charge in [-0.3, -0.25) is 0 Å². The van der Waals surface area contributed by atoms with Crippen molar-refractivity contribution in [2.75, 3.05) is 6.54 Å². The summed E-state index contributed by atoms with van der Waals surface area (Å²) in [6, 6.07) is 0.0651. The van der Waals surface area contributed by atoms with Crippen molar-refractivity contribution in [1.82, 2.24) is 25.0 Å². The fraction of sp³-hybridized carbons (Fsp3) is 0.667. The highest BCUT2D eigenvalue weighted by Gasteiger charge is 2.23. The number of imidazole rings is 1. The summed E-state index contributed by atoms with van der Waals surface area (Å²) in [5.74, 6) is 3.38. The van der Waals surface area contributed by atoms with Gasteiger partial charge < -0.3 is 14.4 Å². The molecule has 114 valence electrons. The quantitative estimate of drug-likeness (QED) is 0.916. The summed E-state index contributed by atoms with van der Waals surface area (Å²) in [4.78, 5) is 8.93. The third kappa shape index (κ3) is 3.00. The van der Waals surface area contributed by atoms with Crippen molar-refractivity contribution >= 4 is 0 Å². The van der Waals surface area contributed by atoms with Gasteiger partial charge in [0.1, 0.15) is 5.82 Å². The molecule has 0 unspecified atom stereocenters. The largest absolute Gasteiger partial charge is 0.338 e. The second-order valence-electron chi connectivity index (χ2n) is 6.09. The predicted octanol–water partition coefficient (Wildman–Crippen LogP) is 2.62. The van der Waals surface area contributed by atoms with Gasteiger partial charge in [0, 0.05) is 37.3 Å². The van der Waals surface area contributed by atoms with E-state index in [0.29, 0.717) is 17.7 Å². The van der Waals surface area contributed by atoms with Crippen LogP contribution in [-0.2, 0) is 6.54 Å². The standard InChI is InChI=1S/C15H23N5O/c1-10(2)13-18-15(21-19-13)11(3)17-9-12-5-4-7-20-8-6-16-14(12)20/h6,8,10-12,17H,4-5,7,9H2,1-3H3/t11-,12-/m0/s1. The second kappa shape index (κ2) is 5.97. The van der Waals surface area contributed by atoms with Crippen LogP contribution < -0.4 is 5.32 Å². The molecule has 1 aliphatic heterocycles. The Balaban J connectivity index is 1.60. The lowest BCUT2D eigenvalue weighted by Crippen LogP contribution is -2.28. The molecular weight excluding hydrogens is 266 g/mol. The monoisotopic (exact) mass is 289 g/mol. The summed E-state index contributed by atoms with van der Waals surface area (Å²) in [6.07, 6.45) is 6.35. The number of aryl methyl sites for hydroxylation is 1. The van der Waals surface area contributed by atoms with Crippen molar-refractivity contribution < 1.29 is 4.52 Å². The van der Waals surface area contributed by atoms with Crippen molar-refractivity contribution in [2.24, 2.45) is 0 Å². The van der Waals surface area contributed by atoms with E-state index < -0.39 is 0 Å². The van der Waals surface area contributed by atoms with E-state index in [4.69, 9.17) is 4.52 Å². The molecule has 0 saturated heterocycles. The van der Waals surface area contributed by atoms with Crippen LogP contribution in [0.5, 0.6) is 0 Å². The van der Waals surface area contributed by atoms with Gasteiger partial charge >= 0.3 is 0 Å². The summed E-state index contributed by atoms with van der Waals surface area (Å²) in [5, 5.41) is 7.52. The Hall–Kier alpha value is -1.69. The lowest BCUT2D eigenvalue weighted by molar-refractivity contribution is 0.325.